The molecule has 0 atom stereocenters. The Balaban J connectivity index is 1.68. The lowest BCUT2D eigenvalue weighted by Gasteiger charge is -2.38. The second-order valence-electron chi connectivity index (χ2n) is 7.47. The summed E-state index contributed by atoms with van der Waals surface area (Å²) in [6.45, 7) is 0.775. The second-order valence-corrected chi connectivity index (χ2v) is 7.91. The van der Waals surface area contributed by atoms with E-state index >= 15 is 0 Å². The van der Waals surface area contributed by atoms with Gasteiger partial charge in [0.25, 0.3) is 0 Å². The molecule has 32 heavy (non-hydrogen) atoms. The molecule has 1 amide bonds. The number of carbonyl (C=O) groups excluding carboxylic acids is 1. The zero-order valence-electron chi connectivity index (χ0n) is 17.8. The summed E-state index contributed by atoms with van der Waals surface area (Å²) in [7, 11) is 0. The molecule has 5 nitrogen and oxygen atoms in total. The van der Waals surface area contributed by atoms with E-state index in [2.05, 4.69) is 10.1 Å². The predicted molar refractivity (Wildman–Crippen MR) is 119 cm³/mol. The van der Waals surface area contributed by atoms with Crippen molar-refractivity contribution in [3.63, 3.8) is 0 Å². The molecule has 1 N–H and O–H groups in total. The molecule has 1 saturated heterocycles. The highest BCUT2D eigenvalue weighted by Gasteiger charge is 2.34. The summed E-state index contributed by atoms with van der Waals surface area (Å²) in [5.41, 5.74) is 1.46. The fourth-order valence-corrected chi connectivity index (χ4v) is 3.92. The van der Waals surface area contributed by atoms with E-state index < -0.39 is 6.61 Å². The van der Waals surface area contributed by atoms with Crippen molar-refractivity contribution in [1.82, 2.24) is 5.32 Å². The van der Waals surface area contributed by atoms with Gasteiger partial charge in [-0.1, -0.05) is 29.8 Å². The van der Waals surface area contributed by atoms with E-state index in [4.69, 9.17) is 21.1 Å². The van der Waals surface area contributed by atoms with E-state index in [1.165, 1.54) is 12.1 Å². The lowest BCUT2D eigenvalue weighted by molar-refractivity contribution is -0.116. The van der Waals surface area contributed by atoms with Crippen molar-refractivity contribution in [2.75, 3.05) is 26.4 Å². The number of hydrogen-bond donors (Lipinski definition) is 1. The van der Waals surface area contributed by atoms with Crippen LogP contribution in [0.25, 0.3) is 6.08 Å². The standard InChI is InChI=1S/C24H26ClF2NO4/c1-2-31-21-14-17(6-8-20(21)32-23(26)27)7-9-22(29)28-16-24(10-12-30-13-11-24)18-4-3-5-19(25)15-18/h3-9,14-15,23H,2,10-13,16H2,1H3,(H,28,29)/b9-7+. The summed E-state index contributed by atoms with van der Waals surface area (Å²) < 4.78 is 40.5. The Labute approximate surface area is 191 Å². The summed E-state index contributed by atoms with van der Waals surface area (Å²) in [6, 6.07) is 12.2. The van der Waals surface area contributed by atoms with Crippen molar-refractivity contribution >= 4 is 23.6 Å². The first kappa shape index (κ1) is 24.0. The molecule has 1 aliphatic rings. The molecule has 0 bridgehead atoms. The van der Waals surface area contributed by atoms with Gasteiger partial charge >= 0.3 is 6.61 Å². The van der Waals surface area contributed by atoms with Gasteiger partial charge in [-0.15, -0.1) is 0 Å². The third-order valence-electron chi connectivity index (χ3n) is 5.40. The monoisotopic (exact) mass is 465 g/mol. The lowest BCUT2D eigenvalue weighted by atomic mass is 9.74. The number of benzene rings is 2. The highest BCUT2D eigenvalue weighted by Crippen LogP contribution is 2.35. The van der Waals surface area contributed by atoms with Crippen LogP contribution in [0.3, 0.4) is 0 Å². The van der Waals surface area contributed by atoms with Gasteiger partial charge < -0.3 is 19.5 Å². The minimum atomic E-state index is -2.95. The molecular weight excluding hydrogens is 440 g/mol. The number of alkyl halides is 2. The van der Waals surface area contributed by atoms with Gasteiger partial charge in [-0.05, 0) is 61.2 Å². The molecule has 0 aliphatic carbocycles. The smallest absolute Gasteiger partial charge is 0.387 e. The Morgan fingerprint density at radius 3 is 2.69 bits per heavy atom. The third kappa shape index (κ3) is 6.43. The molecule has 0 unspecified atom stereocenters. The first-order chi connectivity index (χ1) is 15.4. The van der Waals surface area contributed by atoms with Gasteiger partial charge in [0, 0.05) is 36.3 Å². The van der Waals surface area contributed by atoms with E-state index in [1.807, 2.05) is 24.3 Å². The zero-order chi connectivity index (χ0) is 23.0. The first-order valence-electron chi connectivity index (χ1n) is 10.4. The van der Waals surface area contributed by atoms with E-state index in [1.54, 1.807) is 25.1 Å². The molecule has 8 heteroatoms. The van der Waals surface area contributed by atoms with Gasteiger partial charge in [-0.3, -0.25) is 4.79 Å². The molecule has 1 heterocycles. The van der Waals surface area contributed by atoms with Gasteiger partial charge in [-0.25, -0.2) is 0 Å². The summed E-state index contributed by atoms with van der Waals surface area (Å²) in [6.07, 6.45) is 4.56. The number of nitrogens with one attached hydrogen (secondary N) is 1. The highest BCUT2D eigenvalue weighted by molar-refractivity contribution is 6.30. The maximum atomic E-state index is 12.5. The summed E-state index contributed by atoms with van der Waals surface area (Å²) >= 11 is 6.19. The van der Waals surface area contributed by atoms with E-state index in [9.17, 15) is 13.6 Å². The van der Waals surface area contributed by atoms with Crippen LogP contribution in [0.4, 0.5) is 8.78 Å². The molecular formula is C24H26ClF2NO4. The molecule has 172 valence electrons. The minimum absolute atomic E-state index is 0.0496. The van der Waals surface area contributed by atoms with Crippen LogP contribution in [0, 0.1) is 0 Å². The summed E-state index contributed by atoms with van der Waals surface area (Å²) in [5, 5.41) is 3.64. The SMILES string of the molecule is CCOc1cc(/C=C/C(=O)NCC2(c3cccc(Cl)c3)CCOCC2)ccc1OC(F)F. The Kier molecular flexibility index (Phi) is 8.47. The van der Waals surface area contributed by atoms with Crippen molar-refractivity contribution in [2.24, 2.45) is 0 Å². The number of rotatable bonds is 9. The number of ether oxygens (including phenoxy) is 3. The normalized spacial score (nSPS) is 15.7. The molecule has 1 fully saturated rings. The summed E-state index contributed by atoms with van der Waals surface area (Å²) in [4.78, 5) is 12.5. The average Bonchev–Trinajstić information content (AvgIpc) is 2.78. The van der Waals surface area contributed by atoms with Gasteiger partial charge in [0.05, 0.1) is 6.61 Å². The van der Waals surface area contributed by atoms with Crippen molar-refractivity contribution < 1.29 is 27.8 Å². The van der Waals surface area contributed by atoms with E-state index in [0.717, 1.165) is 18.4 Å². The van der Waals surface area contributed by atoms with Gasteiger partial charge in [0.1, 0.15) is 0 Å². The van der Waals surface area contributed by atoms with E-state index in [0.29, 0.717) is 37.0 Å². The molecule has 0 radical (unpaired) electrons. The Morgan fingerprint density at radius 2 is 2.00 bits per heavy atom. The van der Waals surface area contributed by atoms with Crippen LogP contribution in [0.5, 0.6) is 11.5 Å². The van der Waals surface area contributed by atoms with Crippen molar-refractivity contribution in [3.8, 4) is 11.5 Å². The lowest BCUT2D eigenvalue weighted by Crippen LogP contribution is -2.44. The summed E-state index contributed by atoms with van der Waals surface area (Å²) in [5.74, 6) is -0.118. The molecule has 3 rings (SSSR count). The van der Waals surface area contributed by atoms with Crippen molar-refractivity contribution in [2.45, 2.75) is 31.8 Å². The maximum absolute atomic E-state index is 12.5. The zero-order valence-corrected chi connectivity index (χ0v) is 18.5. The number of carbonyl (C=O) groups is 1. The van der Waals surface area contributed by atoms with Crippen LogP contribution in [0.2, 0.25) is 5.02 Å². The molecule has 0 spiro atoms. The topological polar surface area (TPSA) is 56.8 Å². The number of hydrogen-bond acceptors (Lipinski definition) is 4. The van der Waals surface area contributed by atoms with Crippen molar-refractivity contribution in [3.05, 3.63) is 64.7 Å². The molecule has 2 aromatic rings. The fourth-order valence-electron chi connectivity index (χ4n) is 3.73. The number of halogens is 3. The first-order valence-corrected chi connectivity index (χ1v) is 10.8. The van der Waals surface area contributed by atoms with Gasteiger partial charge in [0.2, 0.25) is 5.91 Å². The van der Waals surface area contributed by atoms with Crippen LogP contribution < -0.4 is 14.8 Å². The van der Waals surface area contributed by atoms with Gasteiger partial charge in [-0.2, -0.15) is 8.78 Å². The quantitative estimate of drug-likeness (QED) is 0.516. The van der Waals surface area contributed by atoms with Crippen LogP contribution in [0.15, 0.2) is 48.5 Å². The maximum Gasteiger partial charge on any atom is 0.387 e. The fraction of sp³-hybridized carbons (Fsp3) is 0.375. The Hall–Kier alpha value is -2.64. The third-order valence-corrected chi connectivity index (χ3v) is 5.63. The molecule has 0 aromatic heterocycles. The van der Waals surface area contributed by atoms with Crippen LogP contribution in [-0.4, -0.2) is 38.9 Å². The largest absolute Gasteiger partial charge is 0.490 e. The Morgan fingerprint density at radius 1 is 1.22 bits per heavy atom. The number of amides is 1. The highest BCUT2D eigenvalue weighted by atomic mass is 35.5. The average molecular weight is 466 g/mol. The minimum Gasteiger partial charge on any atom is -0.490 e. The Bertz CT molecular complexity index is 945. The van der Waals surface area contributed by atoms with Gasteiger partial charge in [0.15, 0.2) is 11.5 Å². The second kappa shape index (κ2) is 11.3. The molecule has 1 aliphatic heterocycles. The van der Waals surface area contributed by atoms with Crippen molar-refractivity contribution in [1.29, 1.82) is 0 Å². The van der Waals surface area contributed by atoms with Crippen LogP contribution >= 0.6 is 11.6 Å². The van der Waals surface area contributed by atoms with Crippen LogP contribution in [0.1, 0.15) is 30.9 Å². The molecule has 2 aromatic carbocycles. The molecule has 0 saturated carbocycles. The van der Waals surface area contributed by atoms with E-state index in [-0.39, 0.29) is 22.8 Å². The predicted octanol–water partition coefficient (Wildman–Crippen LogP) is 5.22. The van der Waals surface area contributed by atoms with Crippen LogP contribution in [-0.2, 0) is 14.9 Å².